The molecule has 5 heteroatoms. The van der Waals surface area contributed by atoms with Crippen molar-refractivity contribution in [3.05, 3.63) is 29.3 Å². The van der Waals surface area contributed by atoms with E-state index in [4.69, 9.17) is 33.0 Å². The summed E-state index contributed by atoms with van der Waals surface area (Å²) in [7, 11) is 0. The molecule has 0 radical (unpaired) electrons. The number of ether oxygens (including phenoxy) is 1. The van der Waals surface area contributed by atoms with Gasteiger partial charge in [0.05, 0.1) is 11.8 Å². The van der Waals surface area contributed by atoms with Gasteiger partial charge in [0.15, 0.2) is 6.61 Å². The molecule has 0 aliphatic rings. The molecule has 0 saturated carbocycles. The maximum Gasteiger partial charge on any atom is 0.341 e. The van der Waals surface area contributed by atoms with Crippen LogP contribution in [0.1, 0.15) is 11.1 Å². The molecule has 0 bridgehead atoms. The highest BCUT2D eigenvalue weighted by molar-refractivity contribution is 6.18. The van der Waals surface area contributed by atoms with Crippen LogP contribution in [0.25, 0.3) is 0 Å². The fourth-order valence-electron chi connectivity index (χ4n) is 1.17. The standard InChI is InChI=1S/C10H10Cl2O3/c11-4-7-2-1-3-8(5-12)10(7)15-6-9(13)14/h1-3H,4-6H2,(H,13,14). The number of aliphatic carboxylic acids is 1. The summed E-state index contributed by atoms with van der Waals surface area (Å²) in [5.41, 5.74) is 1.49. The molecule has 1 aromatic rings. The van der Waals surface area contributed by atoms with Crippen molar-refractivity contribution in [3.63, 3.8) is 0 Å². The molecule has 0 saturated heterocycles. The smallest absolute Gasteiger partial charge is 0.341 e. The van der Waals surface area contributed by atoms with Gasteiger partial charge in [-0.25, -0.2) is 4.79 Å². The molecular formula is C10H10Cl2O3. The topological polar surface area (TPSA) is 46.5 Å². The van der Waals surface area contributed by atoms with Crippen molar-refractivity contribution < 1.29 is 14.6 Å². The Morgan fingerprint density at radius 2 is 1.80 bits per heavy atom. The lowest BCUT2D eigenvalue weighted by Crippen LogP contribution is -2.11. The van der Waals surface area contributed by atoms with Crippen LogP contribution < -0.4 is 4.74 Å². The fraction of sp³-hybridized carbons (Fsp3) is 0.300. The molecular weight excluding hydrogens is 239 g/mol. The number of alkyl halides is 2. The van der Waals surface area contributed by atoms with Gasteiger partial charge in [0.25, 0.3) is 0 Å². The second-order valence-corrected chi connectivity index (χ2v) is 3.39. The van der Waals surface area contributed by atoms with Gasteiger partial charge < -0.3 is 9.84 Å². The molecule has 82 valence electrons. The minimum atomic E-state index is -1.03. The van der Waals surface area contributed by atoms with E-state index in [1.54, 1.807) is 12.1 Å². The van der Waals surface area contributed by atoms with Gasteiger partial charge in [0, 0.05) is 11.1 Å². The lowest BCUT2D eigenvalue weighted by atomic mass is 10.1. The number of carbonyl (C=O) groups is 1. The Hall–Kier alpha value is -0.930. The summed E-state index contributed by atoms with van der Waals surface area (Å²) >= 11 is 11.4. The van der Waals surface area contributed by atoms with Gasteiger partial charge >= 0.3 is 5.97 Å². The quantitative estimate of drug-likeness (QED) is 0.816. The average Bonchev–Trinajstić information content (AvgIpc) is 2.25. The summed E-state index contributed by atoms with van der Waals surface area (Å²) in [5.74, 6) is -0.0240. The van der Waals surface area contributed by atoms with Crippen molar-refractivity contribution in [2.75, 3.05) is 6.61 Å². The average molecular weight is 249 g/mol. The summed E-state index contributed by atoms with van der Waals surface area (Å²) in [6.07, 6.45) is 0. The molecule has 15 heavy (non-hydrogen) atoms. The molecule has 0 aliphatic heterocycles. The summed E-state index contributed by atoms with van der Waals surface area (Å²) in [6, 6.07) is 5.36. The minimum Gasteiger partial charge on any atom is -0.481 e. The highest BCUT2D eigenvalue weighted by Gasteiger charge is 2.09. The van der Waals surface area contributed by atoms with Crippen LogP contribution >= 0.6 is 23.2 Å². The summed E-state index contributed by atoms with van der Waals surface area (Å²) in [5, 5.41) is 8.51. The molecule has 0 heterocycles. The second-order valence-electron chi connectivity index (χ2n) is 2.86. The van der Waals surface area contributed by atoms with Crippen LogP contribution in [0.5, 0.6) is 5.75 Å². The number of hydrogen-bond donors (Lipinski definition) is 1. The lowest BCUT2D eigenvalue weighted by Gasteiger charge is -2.11. The van der Waals surface area contributed by atoms with Crippen molar-refractivity contribution in [1.82, 2.24) is 0 Å². The highest BCUT2D eigenvalue weighted by Crippen LogP contribution is 2.26. The van der Waals surface area contributed by atoms with E-state index >= 15 is 0 Å². The molecule has 0 spiro atoms. The zero-order valence-electron chi connectivity index (χ0n) is 7.87. The van der Waals surface area contributed by atoms with Crippen LogP contribution in [0.2, 0.25) is 0 Å². The van der Waals surface area contributed by atoms with Gasteiger partial charge in [-0.2, -0.15) is 0 Å². The zero-order chi connectivity index (χ0) is 11.3. The van der Waals surface area contributed by atoms with Gasteiger partial charge in [-0.15, -0.1) is 23.2 Å². The Morgan fingerprint density at radius 3 is 2.20 bits per heavy atom. The summed E-state index contributed by atoms with van der Waals surface area (Å²) in [4.78, 5) is 10.4. The van der Waals surface area contributed by atoms with Crippen molar-refractivity contribution in [2.45, 2.75) is 11.8 Å². The number of benzene rings is 1. The molecule has 0 atom stereocenters. The van der Waals surface area contributed by atoms with Crippen molar-refractivity contribution >= 4 is 29.2 Å². The van der Waals surface area contributed by atoms with Gasteiger partial charge in [0.2, 0.25) is 0 Å². The first kappa shape index (κ1) is 12.1. The van der Waals surface area contributed by atoms with Gasteiger partial charge in [-0.05, 0) is 0 Å². The van der Waals surface area contributed by atoms with Crippen LogP contribution in [0.4, 0.5) is 0 Å². The molecule has 0 unspecified atom stereocenters. The molecule has 0 aliphatic carbocycles. The van der Waals surface area contributed by atoms with Crippen molar-refractivity contribution in [1.29, 1.82) is 0 Å². The van der Waals surface area contributed by atoms with E-state index in [0.717, 1.165) is 11.1 Å². The van der Waals surface area contributed by atoms with Crippen LogP contribution in [0.3, 0.4) is 0 Å². The van der Waals surface area contributed by atoms with Crippen LogP contribution in [0.15, 0.2) is 18.2 Å². The first-order valence-electron chi connectivity index (χ1n) is 4.26. The maximum absolute atomic E-state index is 10.4. The maximum atomic E-state index is 10.4. The first-order valence-corrected chi connectivity index (χ1v) is 5.33. The van der Waals surface area contributed by atoms with Crippen LogP contribution in [-0.4, -0.2) is 17.7 Å². The second kappa shape index (κ2) is 5.83. The molecule has 0 aromatic heterocycles. The minimum absolute atomic E-state index is 0.264. The van der Waals surface area contributed by atoms with Gasteiger partial charge in [-0.3, -0.25) is 0 Å². The highest BCUT2D eigenvalue weighted by atomic mass is 35.5. The number of halogens is 2. The van der Waals surface area contributed by atoms with Crippen LogP contribution in [-0.2, 0) is 16.6 Å². The zero-order valence-corrected chi connectivity index (χ0v) is 9.38. The van der Waals surface area contributed by atoms with E-state index in [2.05, 4.69) is 0 Å². The Bertz CT molecular complexity index is 330. The SMILES string of the molecule is O=C(O)COc1c(CCl)cccc1CCl. The first-order chi connectivity index (χ1) is 7.19. The normalized spacial score (nSPS) is 10.0. The molecule has 1 aromatic carbocycles. The molecule has 0 amide bonds. The lowest BCUT2D eigenvalue weighted by molar-refractivity contribution is -0.139. The summed E-state index contributed by atoms with van der Waals surface area (Å²) in [6.45, 7) is -0.391. The third kappa shape index (κ3) is 3.29. The third-order valence-electron chi connectivity index (χ3n) is 1.81. The Morgan fingerprint density at radius 1 is 1.27 bits per heavy atom. The van der Waals surface area contributed by atoms with Crippen LogP contribution in [0, 0.1) is 0 Å². The fourth-order valence-corrected chi connectivity index (χ4v) is 1.59. The largest absolute Gasteiger partial charge is 0.481 e. The Kier molecular flexibility index (Phi) is 4.72. The predicted octanol–water partition coefficient (Wildman–Crippen LogP) is 2.63. The monoisotopic (exact) mass is 248 g/mol. The number of carboxylic acids is 1. The number of carboxylic acid groups (broad SMARTS) is 1. The van der Waals surface area contributed by atoms with Gasteiger partial charge in [0.1, 0.15) is 5.75 Å². The van der Waals surface area contributed by atoms with Crippen molar-refractivity contribution in [3.8, 4) is 5.75 Å². The molecule has 3 nitrogen and oxygen atoms in total. The van der Waals surface area contributed by atoms with E-state index in [1.807, 2.05) is 6.07 Å². The summed E-state index contributed by atoms with van der Waals surface area (Å²) < 4.78 is 5.14. The van der Waals surface area contributed by atoms with Crippen molar-refractivity contribution in [2.24, 2.45) is 0 Å². The van der Waals surface area contributed by atoms with Gasteiger partial charge in [-0.1, -0.05) is 18.2 Å². The Balaban J connectivity index is 2.94. The van der Waals surface area contributed by atoms with E-state index in [0.29, 0.717) is 5.75 Å². The number of para-hydroxylation sites is 1. The Labute approximate surface area is 97.6 Å². The predicted molar refractivity (Wildman–Crippen MR) is 58.7 cm³/mol. The molecule has 0 fully saturated rings. The third-order valence-corrected chi connectivity index (χ3v) is 2.38. The van der Waals surface area contributed by atoms with E-state index in [1.165, 1.54) is 0 Å². The molecule has 1 rings (SSSR count). The van der Waals surface area contributed by atoms with E-state index in [9.17, 15) is 4.79 Å². The number of rotatable bonds is 5. The molecule has 1 N–H and O–H groups in total. The van der Waals surface area contributed by atoms with E-state index in [-0.39, 0.29) is 11.8 Å². The van der Waals surface area contributed by atoms with E-state index < -0.39 is 12.6 Å². The number of hydrogen-bond acceptors (Lipinski definition) is 2.